The summed E-state index contributed by atoms with van der Waals surface area (Å²) in [5, 5.41) is 3.63. The Morgan fingerprint density at radius 3 is 2.65 bits per heavy atom. The van der Waals surface area contributed by atoms with Crippen molar-refractivity contribution >= 4 is 5.82 Å². The van der Waals surface area contributed by atoms with E-state index in [0.29, 0.717) is 0 Å². The van der Waals surface area contributed by atoms with E-state index in [1.54, 1.807) is 0 Å². The van der Waals surface area contributed by atoms with Gasteiger partial charge in [0.25, 0.3) is 0 Å². The predicted octanol–water partition coefficient (Wildman–Crippen LogP) is 3.43. The number of pyridine rings is 1. The highest BCUT2D eigenvalue weighted by Gasteiger charge is 2.22. The van der Waals surface area contributed by atoms with Gasteiger partial charge in [0.1, 0.15) is 5.82 Å². The molecule has 2 rings (SSSR count). The van der Waals surface area contributed by atoms with E-state index >= 15 is 0 Å². The standard InChI is InChI=1S/C17H29N3/c1-12(2)8-9-20(5)17-16(11-18-15-6-7-15)13(3)10-14(4)19-17/h10,12,15,18H,6-9,11H2,1-5H3. The molecular formula is C17H29N3. The van der Waals surface area contributed by atoms with Crippen LogP contribution in [0.4, 0.5) is 5.82 Å². The summed E-state index contributed by atoms with van der Waals surface area (Å²) < 4.78 is 0. The number of hydrogen-bond donors (Lipinski definition) is 1. The van der Waals surface area contributed by atoms with Crippen LogP contribution in [0.1, 0.15) is 49.9 Å². The first-order valence-electron chi connectivity index (χ1n) is 7.89. The summed E-state index contributed by atoms with van der Waals surface area (Å²) in [5.74, 6) is 1.90. The zero-order valence-corrected chi connectivity index (χ0v) is 13.7. The summed E-state index contributed by atoms with van der Waals surface area (Å²) >= 11 is 0. The minimum Gasteiger partial charge on any atom is -0.359 e. The number of nitrogens with one attached hydrogen (secondary N) is 1. The second-order valence-corrected chi connectivity index (χ2v) is 6.64. The molecule has 1 saturated carbocycles. The summed E-state index contributed by atoms with van der Waals surface area (Å²) in [6.45, 7) is 10.9. The molecule has 3 heteroatoms. The maximum atomic E-state index is 4.80. The van der Waals surface area contributed by atoms with Gasteiger partial charge < -0.3 is 10.2 Å². The van der Waals surface area contributed by atoms with Crippen molar-refractivity contribution in [2.75, 3.05) is 18.5 Å². The zero-order chi connectivity index (χ0) is 14.7. The van der Waals surface area contributed by atoms with E-state index in [2.05, 4.69) is 51.0 Å². The van der Waals surface area contributed by atoms with Crippen molar-refractivity contribution in [3.8, 4) is 0 Å². The van der Waals surface area contributed by atoms with Crippen LogP contribution in [-0.2, 0) is 6.54 Å². The molecule has 0 amide bonds. The Labute approximate surface area is 123 Å². The summed E-state index contributed by atoms with van der Waals surface area (Å²) in [5.41, 5.74) is 3.84. The predicted molar refractivity (Wildman–Crippen MR) is 86.3 cm³/mol. The quantitative estimate of drug-likeness (QED) is 0.826. The lowest BCUT2D eigenvalue weighted by Crippen LogP contribution is -2.25. The van der Waals surface area contributed by atoms with E-state index in [1.165, 1.54) is 30.4 Å². The normalized spacial score (nSPS) is 14.9. The molecule has 0 saturated heterocycles. The topological polar surface area (TPSA) is 28.2 Å². The molecule has 0 atom stereocenters. The van der Waals surface area contributed by atoms with Gasteiger partial charge in [-0.15, -0.1) is 0 Å². The number of hydrogen-bond acceptors (Lipinski definition) is 3. The average molecular weight is 275 g/mol. The van der Waals surface area contributed by atoms with Crippen LogP contribution >= 0.6 is 0 Å². The Balaban J connectivity index is 2.14. The summed E-state index contributed by atoms with van der Waals surface area (Å²) in [6, 6.07) is 2.94. The molecule has 1 N–H and O–H groups in total. The highest BCUT2D eigenvalue weighted by Crippen LogP contribution is 2.25. The second-order valence-electron chi connectivity index (χ2n) is 6.64. The van der Waals surface area contributed by atoms with Gasteiger partial charge in [0.2, 0.25) is 0 Å². The Morgan fingerprint density at radius 1 is 1.35 bits per heavy atom. The van der Waals surface area contributed by atoms with Gasteiger partial charge in [-0.2, -0.15) is 0 Å². The van der Waals surface area contributed by atoms with Crippen molar-refractivity contribution in [3.05, 3.63) is 22.9 Å². The molecule has 0 aromatic carbocycles. The average Bonchev–Trinajstić information content (AvgIpc) is 3.18. The molecule has 20 heavy (non-hydrogen) atoms. The van der Waals surface area contributed by atoms with E-state index in [9.17, 15) is 0 Å². The largest absolute Gasteiger partial charge is 0.359 e. The molecule has 1 aromatic heterocycles. The molecule has 1 fully saturated rings. The Kier molecular flexibility index (Phi) is 5.03. The molecule has 112 valence electrons. The SMILES string of the molecule is Cc1cc(C)c(CNC2CC2)c(N(C)CCC(C)C)n1. The van der Waals surface area contributed by atoms with Gasteiger partial charge in [-0.1, -0.05) is 13.8 Å². The van der Waals surface area contributed by atoms with Crippen molar-refractivity contribution in [1.29, 1.82) is 0 Å². The number of rotatable bonds is 7. The second kappa shape index (κ2) is 6.57. The maximum absolute atomic E-state index is 4.80. The monoisotopic (exact) mass is 275 g/mol. The minimum atomic E-state index is 0.733. The number of aromatic nitrogens is 1. The van der Waals surface area contributed by atoms with Crippen LogP contribution in [-0.4, -0.2) is 24.6 Å². The lowest BCUT2D eigenvalue weighted by atomic mass is 10.1. The minimum absolute atomic E-state index is 0.733. The molecular weight excluding hydrogens is 246 g/mol. The van der Waals surface area contributed by atoms with Crippen LogP contribution in [0, 0.1) is 19.8 Å². The fourth-order valence-corrected chi connectivity index (χ4v) is 2.47. The fraction of sp³-hybridized carbons (Fsp3) is 0.706. The highest BCUT2D eigenvalue weighted by molar-refractivity contribution is 5.51. The Morgan fingerprint density at radius 2 is 2.05 bits per heavy atom. The molecule has 3 nitrogen and oxygen atoms in total. The van der Waals surface area contributed by atoms with Gasteiger partial charge in [-0.3, -0.25) is 0 Å². The first-order valence-corrected chi connectivity index (χ1v) is 7.89. The van der Waals surface area contributed by atoms with E-state index in [0.717, 1.165) is 36.6 Å². The third-order valence-corrected chi connectivity index (χ3v) is 4.00. The summed E-state index contributed by atoms with van der Waals surface area (Å²) in [7, 11) is 2.17. The smallest absolute Gasteiger partial charge is 0.133 e. The molecule has 0 bridgehead atoms. The third-order valence-electron chi connectivity index (χ3n) is 4.00. The van der Waals surface area contributed by atoms with Crippen molar-refractivity contribution in [2.24, 2.45) is 5.92 Å². The van der Waals surface area contributed by atoms with Crippen molar-refractivity contribution < 1.29 is 0 Å². The van der Waals surface area contributed by atoms with Crippen LogP contribution in [0.3, 0.4) is 0 Å². The fourth-order valence-electron chi connectivity index (χ4n) is 2.47. The number of nitrogens with zero attached hydrogens (tertiary/aromatic N) is 2. The Bertz CT molecular complexity index is 450. The molecule has 1 aliphatic carbocycles. The van der Waals surface area contributed by atoms with Crippen LogP contribution in [0.5, 0.6) is 0 Å². The molecule has 1 heterocycles. The first kappa shape index (κ1) is 15.3. The molecule has 0 aliphatic heterocycles. The third kappa shape index (κ3) is 4.20. The van der Waals surface area contributed by atoms with Gasteiger partial charge in [0.15, 0.2) is 0 Å². The van der Waals surface area contributed by atoms with Gasteiger partial charge in [-0.05, 0) is 50.7 Å². The van der Waals surface area contributed by atoms with Crippen molar-refractivity contribution in [2.45, 2.75) is 59.5 Å². The number of anilines is 1. The molecule has 0 spiro atoms. The van der Waals surface area contributed by atoms with E-state index in [1.807, 2.05) is 0 Å². The van der Waals surface area contributed by atoms with Crippen LogP contribution < -0.4 is 10.2 Å². The van der Waals surface area contributed by atoms with Crippen LogP contribution in [0.25, 0.3) is 0 Å². The van der Waals surface area contributed by atoms with Crippen LogP contribution in [0.2, 0.25) is 0 Å². The lowest BCUT2D eigenvalue weighted by molar-refractivity contribution is 0.581. The van der Waals surface area contributed by atoms with Crippen LogP contribution in [0.15, 0.2) is 6.07 Å². The first-order chi connectivity index (χ1) is 9.47. The van der Waals surface area contributed by atoms with E-state index in [-0.39, 0.29) is 0 Å². The lowest BCUT2D eigenvalue weighted by Gasteiger charge is -2.24. The summed E-state index contributed by atoms with van der Waals surface area (Å²) in [6.07, 6.45) is 3.87. The van der Waals surface area contributed by atoms with Gasteiger partial charge in [-0.25, -0.2) is 4.98 Å². The highest BCUT2D eigenvalue weighted by atomic mass is 15.2. The molecule has 0 radical (unpaired) electrons. The molecule has 0 unspecified atom stereocenters. The maximum Gasteiger partial charge on any atom is 0.133 e. The van der Waals surface area contributed by atoms with Gasteiger partial charge in [0.05, 0.1) is 0 Å². The Hall–Kier alpha value is -1.09. The van der Waals surface area contributed by atoms with Crippen molar-refractivity contribution in [1.82, 2.24) is 10.3 Å². The van der Waals surface area contributed by atoms with Crippen molar-refractivity contribution in [3.63, 3.8) is 0 Å². The summed E-state index contributed by atoms with van der Waals surface area (Å²) in [4.78, 5) is 7.12. The molecule has 1 aliphatic rings. The van der Waals surface area contributed by atoms with Gasteiger partial charge >= 0.3 is 0 Å². The van der Waals surface area contributed by atoms with E-state index in [4.69, 9.17) is 4.98 Å². The van der Waals surface area contributed by atoms with E-state index < -0.39 is 0 Å². The molecule has 1 aromatic rings. The van der Waals surface area contributed by atoms with Gasteiger partial charge in [0, 0.05) is 37.4 Å². The zero-order valence-electron chi connectivity index (χ0n) is 13.7. The number of aryl methyl sites for hydroxylation is 2.